The molecule has 9 heteroatoms. The number of hydrogen-bond acceptors (Lipinski definition) is 5. The first-order chi connectivity index (χ1) is 11.7. The van der Waals surface area contributed by atoms with Crippen LogP contribution in [-0.2, 0) is 19.9 Å². The molecule has 1 aliphatic heterocycles. The molecule has 1 heterocycles. The van der Waals surface area contributed by atoms with Crippen LogP contribution in [0.4, 0.5) is 0 Å². The summed E-state index contributed by atoms with van der Waals surface area (Å²) in [4.78, 5) is 0.526. The summed E-state index contributed by atoms with van der Waals surface area (Å²) in [6, 6.07) is 10.5. The zero-order valence-corrected chi connectivity index (χ0v) is 16.5. The van der Waals surface area contributed by atoms with Crippen LogP contribution in [0.2, 0.25) is 5.02 Å². The number of sulfonamides is 1. The Bertz CT molecular complexity index is 1020. The average molecular weight is 418 g/mol. The molecule has 25 heavy (non-hydrogen) atoms. The monoisotopic (exact) mass is 417 g/mol. The number of fused-ring (bicyclic) bond motifs is 1. The molecule has 1 atom stereocenters. The Balaban J connectivity index is 2.02. The normalized spacial score (nSPS) is 17.9. The molecule has 0 saturated carbocycles. The summed E-state index contributed by atoms with van der Waals surface area (Å²) in [6.07, 6.45) is 1.59. The third-order valence-corrected chi connectivity index (χ3v) is 8.02. The second-order valence-electron chi connectivity index (χ2n) is 5.71. The van der Waals surface area contributed by atoms with Gasteiger partial charge in [-0.1, -0.05) is 23.7 Å². The van der Waals surface area contributed by atoms with Gasteiger partial charge in [0.2, 0.25) is 10.0 Å². The van der Waals surface area contributed by atoms with Gasteiger partial charge in [0.15, 0.2) is 9.84 Å². The highest BCUT2D eigenvalue weighted by molar-refractivity contribution is 7.99. The van der Waals surface area contributed by atoms with Crippen molar-refractivity contribution in [2.24, 2.45) is 0 Å². The minimum Gasteiger partial charge on any atom is -0.224 e. The fraction of sp³-hybridized carbons (Fsp3) is 0.250. The molecule has 1 aliphatic rings. The molecule has 0 unspecified atom stereocenters. The van der Waals surface area contributed by atoms with E-state index in [1.807, 2.05) is 6.07 Å². The first kappa shape index (κ1) is 18.7. The van der Waals surface area contributed by atoms with Crippen molar-refractivity contribution < 1.29 is 16.8 Å². The molecule has 5 nitrogen and oxygen atoms in total. The minimum absolute atomic E-state index is 0.209. The van der Waals surface area contributed by atoms with E-state index in [-0.39, 0.29) is 9.79 Å². The third-order valence-electron chi connectivity index (χ3n) is 3.85. The van der Waals surface area contributed by atoms with Gasteiger partial charge in [-0.3, -0.25) is 0 Å². The van der Waals surface area contributed by atoms with Gasteiger partial charge in [-0.25, -0.2) is 21.6 Å². The molecule has 0 saturated heterocycles. The summed E-state index contributed by atoms with van der Waals surface area (Å²) in [5, 5.41) is 0.530. The summed E-state index contributed by atoms with van der Waals surface area (Å²) in [7, 11) is -7.68. The predicted molar refractivity (Wildman–Crippen MR) is 99.4 cm³/mol. The molecule has 1 N–H and O–H groups in total. The average Bonchev–Trinajstić information content (AvgIpc) is 2.54. The summed E-state index contributed by atoms with van der Waals surface area (Å²) < 4.78 is 52.2. The second kappa shape index (κ2) is 6.92. The maximum atomic E-state index is 12.8. The van der Waals surface area contributed by atoms with Crippen LogP contribution in [0.15, 0.2) is 57.2 Å². The second-order valence-corrected chi connectivity index (χ2v) is 11.0. The van der Waals surface area contributed by atoms with Crippen LogP contribution >= 0.6 is 23.4 Å². The van der Waals surface area contributed by atoms with Crippen molar-refractivity contribution in [3.63, 3.8) is 0 Å². The Morgan fingerprint density at radius 2 is 1.76 bits per heavy atom. The lowest BCUT2D eigenvalue weighted by molar-refractivity contribution is 0.542. The van der Waals surface area contributed by atoms with E-state index in [1.165, 1.54) is 24.3 Å². The molecule has 0 amide bonds. The van der Waals surface area contributed by atoms with Crippen LogP contribution in [-0.4, -0.2) is 28.8 Å². The van der Waals surface area contributed by atoms with Gasteiger partial charge in [0.25, 0.3) is 0 Å². The Labute approximate surface area is 156 Å². The van der Waals surface area contributed by atoms with Crippen LogP contribution in [0.25, 0.3) is 0 Å². The highest BCUT2D eigenvalue weighted by Crippen LogP contribution is 2.38. The number of sulfone groups is 1. The van der Waals surface area contributed by atoms with E-state index in [1.54, 1.807) is 23.9 Å². The molecule has 3 rings (SSSR count). The van der Waals surface area contributed by atoms with Crippen molar-refractivity contribution in [2.45, 2.75) is 27.1 Å². The first-order valence-electron chi connectivity index (χ1n) is 7.42. The number of benzene rings is 2. The molecule has 0 fully saturated rings. The van der Waals surface area contributed by atoms with Crippen LogP contribution in [0.1, 0.15) is 18.0 Å². The highest BCUT2D eigenvalue weighted by Gasteiger charge is 2.29. The van der Waals surface area contributed by atoms with Crippen molar-refractivity contribution in [3.05, 3.63) is 53.1 Å². The smallest absolute Gasteiger partial charge is 0.224 e. The van der Waals surface area contributed by atoms with Crippen molar-refractivity contribution in [1.29, 1.82) is 0 Å². The van der Waals surface area contributed by atoms with E-state index >= 15 is 0 Å². The molecular formula is C16H16ClNO4S3. The zero-order valence-electron chi connectivity index (χ0n) is 13.3. The minimum atomic E-state index is -4.01. The largest absolute Gasteiger partial charge is 0.242 e. The molecule has 0 spiro atoms. The van der Waals surface area contributed by atoms with Crippen LogP contribution < -0.4 is 4.72 Å². The van der Waals surface area contributed by atoms with Gasteiger partial charge < -0.3 is 0 Å². The quantitative estimate of drug-likeness (QED) is 0.825. The lowest BCUT2D eigenvalue weighted by Gasteiger charge is -2.26. The Kier molecular flexibility index (Phi) is 5.18. The van der Waals surface area contributed by atoms with Gasteiger partial charge in [0.05, 0.1) is 4.90 Å². The van der Waals surface area contributed by atoms with E-state index in [2.05, 4.69) is 4.72 Å². The molecule has 2 aromatic carbocycles. The van der Waals surface area contributed by atoms with Crippen molar-refractivity contribution in [3.8, 4) is 0 Å². The van der Waals surface area contributed by atoms with Crippen LogP contribution in [0.5, 0.6) is 0 Å². The van der Waals surface area contributed by atoms with Gasteiger partial charge in [0.1, 0.15) is 4.90 Å². The lowest BCUT2D eigenvalue weighted by Crippen LogP contribution is -2.31. The Hall–Kier alpha value is -1.06. The molecule has 0 aromatic heterocycles. The van der Waals surface area contributed by atoms with Crippen molar-refractivity contribution in [1.82, 2.24) is 4.72 Å². The standard InChI is InChI=1S/C16H16ClNO4S3/c1-24(19,20)15-4-2-3-5-16(15)25(21,22)18-13-8-9-23-14-7-6-11(17)10-12(13)14/h2-7,10,13,18H,8-9H2,1H3/t13-/m0/s1. The summed E-state index contributed by atoms with van der Waals surface area (Å²) in [6.45, 7) is 0. The van der Waals surface area contributed by atoms with Gasteiger partial charge >= 0.3 is 0 Å². The summed E-state index contributed by atoms with van der Waals surface area (Å²) >= 11 is 7.69. The molecule has 0 aliphatic carbocycles. The number of rotatable bonds is 4. The van der Waals surface area contributed by atoms with Crippen molar-refractivity contribution >= 4 is 43.2 Å². The first-order valence-corrected chi connectivity index (χ1v) is 12.2. The number of nitrogens with one attached hydrogen (secondary N) is 1. The fourth-order valence-electron chi connectivity index (χ4n) is 2.72. The Morgan fingerprint density at radius 3 is 2.44 bits per heavy atom. The Morgan fingerprint density at radius 1 is 1.08 bits per heavy atom. The van der Waals surface area contributed by atoms with Gasteiger partial charge in [0, 0.05) is 22.2 Å². The molecule has 0 bridgehead atoms. The molecular weight excluding hydrogens is 402 g/mol. The third kappa shape index (κ3) is 4.03. The van der Waals surface area contributed by atoms with E-state index in [0.717, 1.165) is 22.5 Å². The number of hydrogen-bond donors (Lipinski definition) is 1. The SMILES string of the molecule is CS(=O)(=O)c1ccccc1S(=O)(=O)N[C@H]1CCSc2ccc(Cl)cc21. The maximum absolute atomic E-state index is 12.8. The zero-order chi connectivity index (χ0) is 18.2. The maximum Gasteiger partial charge on any atom is 0.242 e. The predicted octanol–water partition coefficient (Wildman–Crippen LogP) is 3.26. The number of halogens is 1. The van der Waals surface area contributed by atoms with E-state index in [0.29, 0.717) is 11.4 Å². The number of thioether (sulfide) groups is 1. The van der Waals surface area contributed by atoms with E-state index < -0.39 is 25.9 Å². The molecule has 134 valence electrons. The topological polar surface area (TPSA) is 80.3 Å². The summed E-state index contributed by atoms with van der Waals surface area (Å²) in [5.41, 5.74) is 0.809. The van der Waals surface area contributed by atoms with Crippen LogP contribution in [0.3, 0.4) is 0 Å². The van der Waals surface area contributed by atoms with Gasteiger partial charge in [-0.2, -0.15) is 0 Å². The van der Waals surface area contributed by atoms with Gasteiger partial charge in [-0.15, -0.1) is 11.8 Å². The highest BCUT2D eigenvalue weighted by atomic mass is 35.5. The molecule has 0 radical (unpaired) electrons. The molecule has 2 aromatic rings. The van der Waals surface area contributed by atoms with E-state index in [4.69, 9.17) is 11.6 Å². The van der Waals surface area contributed by atoms with Gasteiger partial charge in [-0.05, 0) is 48.1 Å². The van der Waals surface area contributed by atoms with Crippen LogP contribution in [0, 0.1) is 0 Å². The fourth-order valence-corrected chi connectivity index (χ4v) is 6.88. The van der Waals surface area contributed by atoms with Crippen molar-refractivity contribution in [2.75, 3.05) is 12.0 Å². The summed E-state index contributed by atoms with van der Waals surface area (Å²) in [5.74, 6) is 0.759. The van der Waals surface area contributed by atoms with E-state index in [9.17, 15) is 16.8 Å². The lowest BCUT2D eigenvalue weighted by atomic mass is 10.1.